The number of para-hydroxylation sites is 4. The van der Waals surface area contributed by atoms with Crippen LogP contribution in [0.15, 0.2) is 200 Å². The predicted octanol–water partition coefficient (Wildman–Crippen LogP) is 9.19. The largest absolute Gasteiger partial charge is 0.458 e. The fraction of sp³-hybridized carbons (Fsp3) is 0.0204. The fourth-order valence-electron chi connectivity index (χ4n) is 9.46. The molecule has 0 N–H and O–H groups in total. The van der Waals surface area contributed by atoms with E-state index in [1.165, 1.54) is 49.8 Å². The van der Waals surface area contributed by atoms with Crippen LogP contribution in [0.2, 0.25) is 0 Å². The summed E-state index contributed by atoms with van der Waals surface area (Å²) >= 11 is 0. The van der Waals surface area contributed by atoms with Gasteiger partial charge in [-0.15, -0.1) is 0 Å². The van der Waals surface area contributed by atoms with Gasteiger partial charge in [-0.3, -0.25) is 0 Å². The molecule has 7 aromatic rings. The third-order valence-corrected chi connectivity index (χ3v) is 11.6. The van der Waals surface area contributed by atoms with Crippen molar-refractivity contribution in [3.8, 4) is 11.5 Å². The minimum Gasteiger partial charge on any atom is -0.458 e. The van der Waals surface area contributed by atoms with Crippen molar-refractivity contribution in [2.75, 3.05) is 14.7 Å². The molecule has 55 heavy (non-hydrogen) atoms. The van der Waals surface area contributed by atoms with Gasteiger partial charge in [0.25, 0.3) is 6.71 Å². The van der Waals surface area contributed by atoms with Crippen LogP contribution in [0, 0.1) is 0 Å². The van der Waals surface area contributed by atoms with Crippen molar-refractivity contribution in [3.63, 3.8) is 0 Å². The van der Waals surface area contributed by atoms with Crippen molar-refractivity contribution >= 4 is 86.2 Å². The molecule has 4 heterocycles. The first-order valence-electron chi connectivity index (χ1n) is 19.0. The number of fused-ring (bicyclic) bond motifs is 6. The average Bonchev–Trinajstić information content (AvgIpc) is 3.24. The molecular weight excluding hydrogens is 668 g/mol. The zero-order valence-corrected chi connectivity index (χ0v) is 30.4. The van der Waals surface area contributed by atoms with E-state index in [-0.39, 0.29) is 13.4 Å². The molecule has 6 heteroatoms. The summed E-state index contributed by atoms with van der Waals surface area (Å²) < 4.78 is 7.05. The highest BCUT2D eigenvalue weighted by atomic mass is 16.5. The van der Waals surface area contributed by atoms with Gasteiger partial charge in [0.1, 0.15) is 11.5 Å². The molecule has 0 atom stereocenters. The number of rotatable bonds is 5. The lowest BCUT2D eigenvalue weighted by Crippen LogP contribution is -2.62. The van der Waals surface area contributed by atoms with Gasteiger partial charge < -0.3 is 19.4 Å². The number of allylic oxidation sites excluding steroid dienone is 4. The lowest BCUT2D eigenvalue weighted by Gasteiger charge is -2.45. The van der Waals surface area contributed by atoms with Gasteiger partial charge in [0.15, 0.2) is 0 Å². The molecule has 0 aromatic heterocycles. The predicted molar refractivity (Wildman–Crippen MR) is 233 cm³/mol. The van der Waals surface area contributed by atoms with Crippen molar-refractivity contribution in [1.82, 2.24) is 0 Å². The summed E-state index contributed by atoms with van der Waals surface area (Å²) in [5, 5.41) is 0. The molecule has 0 saturated carbocycles. The van der Waals surface area contributed by atoms with Gasteiger partial charge in [0, 0.05) is 57.3 Å². The maximum atomic E-state index is 7.05. The Hall–Kier alpha value is -6.91. The molecule has 0 saturated heterocycles. The molecule has 0 spiro atoms. The van der Waals surface area contributed by atoms with Gasteiger partial charge in [-0.25, -0.2) is 0 Å². The molecule has 4 aliphatic heterocycles. The van der Waals surface area contributed by atoms with E-state index in [9.17, 15) is 0 Å². The van der Waals surface area contributed by atoms with Gasteiger partial charge in [-0.1, -0.05) is 115 Å². The Bertz CT molecular complexity index is 2750. The maximum Gasteiger partial charge on any atom is 0.256 e. The topological polar surface area (TPSA) is 19.0 Å². The van der Waals surface area contributed by atoms with Crippen molar-refractivity contribution in [2.45, 2.75) is 6.92 Å². The second-order valence-electron chi connectivity index (χ2n) is 14.6. The van der Waals surface area contributed by atoms with Gasteiger partial charge in [-0.05, 0) is 107 Å². The Labute approximate surface area is 322 Å². The van der Waals surface area contributed by atoms with Crippen LogP contribution in [-0.4, -0.2) is 13.4 Å². The Morgan fingerprint density at radius 1 is 0.473 bits per heavy atom. The van der Waals surface area contributed by atoms with Crippen LogP contribution in [-0.2, 0) is 0 Å². The van der Waals surface area contributed by atoms with E-state index >= 15 is 0 Å². The Balaban J connectivity index is 1.20. The number of hydrogen-bond donors (Lipinski definition) is 0. The van der Waals surface area contributed by atoms with Crippen LogP contribution in [0.3, 0.4) is 0 Å². The Kier molecular flexibility index (Phi) is 7.08. The third kappa shape index (κ3) is 4.61. The van der Waals surface area contributed by atoms with Crippen LogP contribution >= 0.6 is 0 Å². The average molecular weight is 703 g/mol. The monoisotopic (exact) mass is 703 g/mol. The molecule has 7 aromatic carbocycles. The molecule has 4 nitrogen and oxygen atoms in total. The van der Waals surface area contributed by atoms with E-state index in [2.05, 4.69) is 204 Å². The Morgan fingerprint density at radius 3 is 1.69 bits per heavy atom. The van der Waals surface area contributed by atoms with Gasteiger partial charge in [-0.2, -0.15) is 0 Å². The molecular formula is C49H35B2N3O. The molecule has 0 fully saturated rings. The molecule has 0 aliphatic carbocycles. The molecule has 0 bridgehead atoms. The summed E-state index contributed by atoms with van der Waals surface area (Å²) in [7, 11) is 0. The summed E-state index contributed by atoms with van der Waals surface area (Å²) in [6.07, 6.45) is 6.14. The minimum absolute atomic E-state index is 0.00665. The first-order valence-corrected chi connectivity index (χ1v) is 19.0. The first kappa shape index (κ1) is 31.6. The first-order chi connectivity index (χ1) is 27.2. The highest BCUT2D eigenvalue weighted by Gasteiger charge is 2.46. The molecule has 0 unspecified atom stereocenters. The number of hydrogen-bond acceptors (Lipinski definition) is 4. The summed E-state index contributed by atoms with van der Waals surface area (Å²) in [6, 6.07) is 59.1. The lowest BCUT2D eigenvalue weighted by molar-refractivity contribution is 0.488. The second kappa shape index (κ2) is 12.3. The Morgan fingerprint density at radius 2 is 1.02 bits per heavy atom. The maximum absolute atomic E-state index is 7.05. The van der Waals surface area contributed by atoms with Crippen LogP contribution in [0.5, 0.6) is 11.5 Å². The zero-order valence-electron chi connectivity index (χ0n) is 30.4. The van der Waals surface area contributed by atoms with Crippen molar-refractivity contribution in [3.05, 3.63) is 200 Å². The van der Waals surface area contributed by atoms with Crippen molar-refractivity contribution in [2.24, 2.45) is 0 Å². The van der Waals surface area contributed by atoms with Gasteiger partial charge >= 0.3 is 0 Å². The highest BCUT2D eigenvalue weighted by Crippen LogP contribution is 2.46. The lowest BCUT2D eigenvalue weighted by atomic mass is 9.30. The van der Waals surface area contributed by atoms with E-state index in [4.69, 9.17) is 4.74 Å². The molecule has 11 rings (SSSR count). The van der Waals surface area contributed by atoms with Crippen molar-refractivity contribution in [1.29, 1.82) is 0 Å². The number of nitrogens with zero attached hydrogens (tertiary/aromatic N) is 3. The van der Waals surface area contributed by atoms with E-state index in [0.29, 0.717) is 0 Å². The number of benzene rings is 7. The highest BCUT2D eigenvalue weighted by molar-refractivity contribution is 7.00. The summed E-state index contributed by atoms with van der Waals surface area (Å²) in [5.41, 5.74) is 17.9. The standard InChI is InChI=1S/C49H35B2N3O/c1-3-4-25-40-33(2)50-38-31-39-47(55-46-30-17-29-44-49(46)51(39)37-24-14-15-26-41(37)53(44)35-20-10-6-11-21-35)32-45(38)54(36-22-12-7-13-23-36)43-28-16-27-42(48(43)50)52(40)34-18-8-5-9-19-34/h3-32H,1H2,2H3/b25-4-. The van der Waals surface area contributed by atoms with Crippen LogP contribution in [0.4, 0.5) is 45.5 Å². The quantitative estimate of drug-likeness (QED) is 0.132. The molecule has 258 valence electrons. The van der Waals surface area contributed by atoms with Gasteiger partial charge in [0.2, 0.25) is 6.71 Å². The van der Waals surface area contributed by atoms with Crippen molar-refractivity contribution < 1.29 is 4.74 Å². The second-order valence-corrected chi connectivity index (χ2v) is 14.6. The summed E-state index contributed by atoms with van der Waals surface area (Å²) in [6.45, 7) is 6.35. The van der Waals surface area contributed by atoms with E-state index in [0.717, 1.165) is 45.6 Å². The minimum atomic E-state index is -0.00736. The molecule has 4 aliphatic rings. The third-order valence-electron chi connectivity index (χ3n) is 11.6. The van der Waals surface area contributed by atoms with Crippen LogP contribution in [0.25, 0.3) is 0 Å². The van der Waals surface area contributed by atoms with Gasteiger partial charge in [0.05, 0.1) is 0 Å². The summed E-state index contributed by atoms with van der Waals surface area (Å²) in [5.74, 6) is 1.80. The van der Waals surface area contributed by atoms with Crippen LogP contribution < -0.4 is 46.8 Å². The van der Waals surface area contributed by atoms with E-state index in [1.807, 2.05) is 6.08 Å². The molecule has 0 amide bonds. The SMILES string of the molecule is C=C/C=C\C1=C(C)B2c3cc4c(cc3N(c3ccccc3)c3cccc(c32)N1c1ccccc1)Oc1cccc2c1B4c1ccccc1N2c1ccccc1. The summed E-state index contributed by atoms with van der Waals surface area (Å²) in [4.78, 5) is 7.24. The normalized spacial score (nSPS) is 14.5. The zero-order chi connectivity index (χ0) is 36.6. The fourth-order valence-corrected chi connectivity index (χ4v) is 9.46. The van der Waals surface area contributed by atoms with E-state index in [1.54, 1.807) is 0 Å². The number of anilines is 8. The number of ether oxygens (including phenoxy) is 1. The van der Waals surface area contributed by atoms with Crippen LogP contribution in [0.1, 0.15) is 6.92 Å². The molecule has 0 radical (unpaired) electrons. The van der Waals surface area contributed by atoms with E-state index < -0.39 is 0 Å². The smallest absolute Gasteiger partial charge is 0.256 e.